The molecule has 0 saturated heterocycles. The molecule has 9 heteroatoms. The molecule has 0 spiro atoms. The second kappa shape index (κ2) is 10.5. The molecule has 1 aliphatic rings. The first-order chi connectivity index (χ1) is 16.9. The Labute approximate surface area is 204 Å². The normalized spacial score (nSPS) is 14.6. The minimum absolute atomic E-state index is 0.0240. The summed E-state index contributed by atoms with van der Waals surface area (Å²) in [5.74, 6) is 1.26. The van der Waals surface area contributed by atoms with E-state index in [0.29, 0.717) is 29.5 Å². The van der Waals surface area contributed by atoms with E-state index in [-0.39, 0.29) is 29.7 Å². The van der Waals surface area contributed by atoms with E-state index in [9.17, 15) is 13.2 Å². The van der Waals surface area contributed by atoms with Crippen LogP contribution in [0.4, 0.5) is 5.69 Å². The number of nitrogens with zero attached hydrogens (tertiary/aromatic N) is 1. The first-order valence-corrected chi connectivity index (χ1v) is 12.4. The number of para-hydroxylation sites is 4. The van der Waals surface area contributed by atoms with Crippen LogP contribution in [0.25, 0.3) is 0 Å². The summed E-state index contributed by atoms with van der Waals surface area (Å²) in [4.78, 5) is 12.8. The number of carbonyl (C=O) groups is 1. The third-order valence-electron chi connectivity index (χ3n) is 5.39. The maximum absolute atomic E-state index is 13.5. The molecule has 0 aliphatic carbocycles. The number of ether oxygens (including phenoxy) is 3. The SMILES string of the molecule is C=CCN(c1ccccc1OC)S(=O)(=O)c1cccc(C(=O)NC[C@@H]2COc3ccccc3O2)c1. The van der Waals surface area contributed by atoms with Crippen LogP contribution in [0.1, 0.15) is 10.4 Å². The van der Waals surface area contributed by atoms with Gasteiger partial charge in [0.2, 0.25) is 0 Å². The zero-order valence-electron chi connectivity index (χ0n) is 19.2. The van der Waals surface area contributed by atoms with E-state index >= 15 is 0 Å². The Hall–Kier alpha value is -3.98. The van der Waals surface area contributed by atoms with Crippen LogP contribution in [-0.2, 0) is 10.0 Å². The molecule has 0 bridgehead atoms. The van der Waals surface area contributed by atoms with Crippen LogP contribution in [0.3, 0.4) is 0 Å². The van der Waals surface area contributed by atoms with Crippen LogP contribution in [-0.4, -0.2) is 47.2 Å². The zero-order chi connectivity index (χ0) is 24.8. The highest BCUT2D eigenvalue weighted by molar-refractivity contribution is 7.92. The van der Waals surface area contributed by atoms with Gasteiger partial charge in [-0.25, -0.2) is 8.42 Å². The fourth-order valence-electron chi connectivity index (χ4n) is 3.68. The lowest BCUT2D eigenvalue weighted by Gasteiger charge is -2.26. The van der Waals surface area contributed by atoms with Gasteiger partial charge in [-0.2, -0.15) is 0 Å². The molecule has 182 valence electrons. The molecule has 1 amide bonds. The van der Waals surface area contributed by atoms with Gasteiger partial charge in [-0.05, 0) is 42.5 Å². The van der Waals surface area contributed by atoms with Gasteiger partial charge in [-0.15, -0.1) is 6.58 Å². The summed E-state index contributed by atoms with van der Waals surface area (Å²) < 4.78 is 45.2. The van der Waals surface area contributed by atoms with Gasteiger partial charge in [0.1, 0.15) is 18.5 Å². The number of sulfonamides is 1. The van der Waals surface area contributed by atoms with Gasteiger partial charge in [0.25, 0.3) is 15.9 Å². The molecule has 0 radical (unpaired) electrons. The lowest BCUT2D eigenvalue weighted by Crippen LogP contribution is -2.40. The van der Waals surface area contributed by atoms with Crippen LogP contribution >= 0.6 is 0 Å². The number of hydrogen-bond acceptors (Lipinski definition) is 6. The lowest BCUT2D eigenvalue weighted by molar-refractivity contribution is 0.0789. The first kappa shape index (κ1) is 24.2. The van der Waals surface area contributed by atoms with Crippen molar-refractivity contribution >= 4 is 21.6 Å². The van der Waals surface area contributed by atoms with Crippen molar-refractivity contribution in [3.8, 4) is 17.2 Å². The Bertz CT molecular complexity index is 1320. The standard InChI is InChI=1S/C26H26N2O6S/c1-3-15-28(22-11-4-5-12-23(22)32-2)35(30,31)21-10-8-9-19(16-21)26(29)27-17-20-18-33-24-13-6-7-14-25(24)34-20/h3-14,16,20H,1,15,17-18H2,2H3,(H,27,29)/t20-/m1/s1. The van der Waals surface area contributed by atoms with Gasteiger partial charge in [0, 0.05) is 5.56 Å². The summed E-state index contributed by atoms with van der Waals surface area (Å²) in [5, 5.41) is 2.79. The maximum Gasteiger partial charge on any atom is 0.264 e. The van der Waals surface area contributed by atoms with Crippen molar-refractivity contribution in [3.05, 3.63) is 91.0 Å². The molecule has 0 unspecified atom stereocenters. The lowest BCUT2D eigenvalue weighted by atomic mass is 10.2. The largest absolute Gasteiger partial charge is 0.495 e. The molecular weight excluding hydrogens is 468 g/mol. The molecule has 35 heavy (non-hydrogen) atoms. The van der Waals surface area contributed by atoms with Crippen LogP contribution in [0.2, 0.25) is 0 Å². The van der Waals surface area contributed by atoms with Gasteiger partial charge in [-0.3, -0.25) is 9.10 Å². The number of nitrogens with one attached hydrogen (secondary N) is 1. The molecule has 4 rings (SSSR count). The highest BCUT2D eigenvalue weighted by Crippen LogP contribution is 2.33. The number of hydrogen-bond donors (Lipinski definition) is 1. The Balaban J connectivity index is 1.51. The van der Waals surface area contributed by atoms with E-state index in [1.807, 2.05) is 18.2 Å². The van der Waals surface area contributed by atoms with E-state index in [2.05, 4.69) is 11.9 Å². The van der Waals surface area contributed by atoms with E-state index in [1.165, 1.54) is 35.7 Å². The van der Waals surface area contributed by atoms with Crippen molar-refractivity contribution in [1.29, 1.82) is 0 Å². The van der Waals surface area contributed by atoms with Gasteiger partial charge >= 0.3 is 0 Å². The van der Waals surface area contributed by atoms with Crippen molar-refractivity contribution < 1.29 is 27.4 Å². The second-order valence-corrected chi connectivity index (χ2v) is 9.59. The molecule has 1 aliphatic heterocycles. The van der Waals surface area contributed by atoms with Crippen LogP contribution in [0.15, 0.2) is 90.3 Å². The highest BCUT2D eigenvalue weighted by atomic mass is 32.2. The summed E-state index contributed by atoms with van der Waals surface area (Å²) in [6.07, 6.45) is 1.12. The van der Waals surface area contributed by atoms with E-state index in [1.54, 1.807) is 36.4 Å². The summed E-state index contributed by atoms with van der Waals surface area (Å²) in [6, 6.07) is 20.0. The molecular formula is C26H26N2O6S. The Morgan fingerprint density at radius 3 is 2.63 bits per heavy atom. The minimum atomic E-state index is -4.02. The highest BCUT2D eigenvalue weighted by Gasteiger charge is 2.27. The quantitative estimate of drug-likeness (QED) is 0.457. The number of amides is 1. The Kier molecular flexibility index (Phi) is 7.26. The predicted octanol–water partition coefficient (Wildman–Crippen LogP) is 3.65. The first-order valence-electron chi connectivity index (χ1n) is 11.0. The monoisotopic (exact) mass is 494 g/mol. The molecule has 0 aromatic heterocycles. The summed E-state index contributed by atoms with van der Waals surface area (Å²) in [6.45, 7) is 4.21. The molecule has 1 N–H and O–H groups in total. The number of fused-ring (bicyclic) bond motifs is 1. The number of carbonyl (C=O) groups excluding carboxylic acids is 1. The fourth-order valence-corrected chi connectivity index (χ4v) is 5.17. The number of methoxy groups -OCH3 is 1. The molecule has 8 nitrogen and oxygen atoms in total. The average molecular weight is 495 g/mol. The van der Waals surface area contributed by atoms with Gasteiger partial charge in [0.05, 0.1) is 30.8 Å². The third-order valence-corrected chi connectivity index (χ3v) is 7.17. The smallest absolute Gasteiger partial charge is 0.264 e. The fraction of sp³-hybridized carbons (Fsp3) is 0.192. The summed E-state index contributed by atoms with van der Waals surface area (Å²) in [5.41, 5.74) is 0.585. The molecule has 0 saturated carbocycles. The van der Waals surface area contributed by atoms with Crippen molar-refractivity contribution in [1.82, 2.24) is 5.32 Å². The predicted molar refractivity (Wildman–Crippen MR) is 133 cm³/mol. The van der Waals surface area contributed by atoms with E-state index < -0.39 is 15.9 Å². The molecule has 1 atom stereocenters. The molecule has 0 fully saturated rings. The average Bonchev–Trinajstić information content (AvgIpc) is 2.90. The van der Waals surface area contributed by atoms with Gasteiger partial charge < -0.3 is 19.5 Å². The zero-order valence-corrected chi connectivity index (χ0v) is 20.0. The number of anilines is 1. The summed E-state index contributed by atoms with van der Waals surface area (Å²) in [7, 11) is -2.54. The molecule has 1 heterocycles. The second-order valence-electron chi connectivity index (χ2n) is 7.73. The van der Waals surface area contributed by atoms with Crippen LogP contribution in [0, 0.1) is 0 Å². The van der Waals surface area contributed by atoms with Gasteiger partial charge in [0.15, 0.2) is 11.5 Å². The summed E-state index contributed by atoms with van der Waals surface area (Å²) >= 11 is 0. The number of benzene rings is 3. The van der Waals surface area contributed by atoms with Crippen LogP contribution < -0.4 is 23.8 Å². The number of rotatable bonds is 9. The van der Waals surface area contributed by atoms with Crippen molar-refractivity contribution in [2.75, 3.05) is 31.1 Å². The maximum atomic E-state index is 13.5. The van der Waals surface area contributed by atoms with Crippen molar-refractivity contribution in [3.63, 3.8) is 0 Å². The Morgan fingerprint density at radius 1 is 1.11 bits per heavy atom. The molecule has 3 aromatic carbocycles. The van der Waals surface area contributed by atoms with E-state index in [4.69, 9.17) is 14.2 Å². The van der Waals surface area contributed by atoms with E-state index in [0.717, 1.165) is 0 Å². The van der Waals surface area contributed by atoms with Crippen molar-refractivity contribution in [2.45, 2.75) is 11.0 Å². The van der Waals surface area contributed by atoms with Crippen molar-refractivity contribution in [2.24, 2.45) is 0 Å². The van der Waals surface area contributed by atoms with Crippen LogP contribution in [0.5, 0.6) is 17.2 Å². The minimum Gasteiger partial charge on any atom is -0.495 e. The third kappa shape index (κ3) is 5.25. The molecule has 3 aromatic rings. The van der Waals surface area contributed by atoms with Gasteiger partial charge in [-0.1, -0.05) is 36.4 Å². The topological polar surface area (TPSA) is 94.2 Å². The Morgan fingerprint density at radius 2 is 1.86 bits per heavy atom.